The molecule has 2 aromatic heterocycles. The van der Waals surface area contributed by atoms with Gasteiger partial charge in [0.1, 0.15) is 0 Å². The number of methoxy groups -OCH3 is 1. The third-order valence-corrected chi connectivity index (χ3v) is 6.59. The van der Waals surface area contributed by atoms with Gasteiger partial charge >= 0.3 is 0 Å². The quantitative estimate of drug-likeness (QED) is 0.499. The molecule has 1 unspecified atom stereocenters. The van der Waals surface area contributed by atoms with Crippen LogP contribution in [0.4, 0.5) is 0 Å². The van der Waals surface area contributed by atoms with Crippen molar-refractivity contribution in [3.63, 3.8) is 0 Å². The monoisotopic (exact) mass is 387 g/mol. The molecule has 140 valence electrons. The van der Waals surface area contributed by atoms with Crippen molar-refractivity contribution >= 4 is 21.4 Å². The van der Waals surface area contributed by atoms with Crippen LogP contribution in [0.25, 0.3) is 21.3 Å². The summed E-state index contributed by atoms with van der Waals surface area (Å²) in [7, 11) is 3.81. The Hall–Kier alpha value is -2.76. The second-order valence-corrected chi connectivity index (χ2v) is 8.41. The van der Waals surface area contributed by atoms with Gasteiger partial charge in [-0.1, -0.05) is 30.3 Å². The Morgan fingerprint density at radius 3 is 2.86 bits per heavy atom. The van der Waals surface area contributed by atoms with Crippen LogP contribution in [0, 0.1) is 0 Å². The zero-order valence-electron chi connectivity index (χ0n) is 15.9. The molecule has 0 bridgehead atoms. The number of rotatable bonds is 3. The van der Waals surface area contributed by atoms with Gasteiger partial charge in [-0.25, -0.2) is 4.98 Å². The van der Waals surface area contributed by atoms with Crippen molar-refractivity contribution in [1.29, 1.82) is 0 Å². The van der Waals surface area contributed by atoms with Gasteiger partial charge in [-0.05, 0) is 41.8 Å². The van der Waals surface area contributed by atoms with Crippen LogP contribution in [0.5, 0.6) is 5.88 Å². The van der Waals surface area contributed by atoms with Gasteiger partial charge in [0, 0.05) is 34.1 Å². The maximum atomic E-state index is 5.23. The van der Waals surface area contributed by atoms with Crippen LogP contribution in [0.3, 0.4) is 0 Å². The molecule has 28 heavy (non-hydrogen) atoms. The lowest BCUT2D eigenvalue weighted by molar-refractivity contribution is 0.296. The summed E-state index contributed by atoms with van der Waals surface area (Å²) in [6, 6.07) is 17.7. The maximum absolute atomic E-state index is 5.23. The Labute approximate surface area is 168 Å². The summed E-state index contributed by atoms with van der Waals surface area (Å²) in [5.41, 5.74) is 4.70. The first-order valence-electron chi connectivity index (χ1n) is 9.37. The summed E-state index contributed by atoms with van der Waals surface area (Å²) in [6.45, 7) is 1.99. The molecule has 5 rings (SSSR count). The van der Waals surface area contributed by atoms with E-state index in [1.54, 1.807) is 19.5 Å². The second-order valence-electron chi connectivity index (χ2n) is 7.30. The standard InChI is InChI=1S/C23H21N3OS/c1-26-13-17-9-15(20-11-24-12-23(25-20)27-2)7-8-18(17)19(14-26)22-10-16-5-3-4-6-21(16)28-22/h3-12,19H,13-14H2,1-2H3. The van der Waals surface area contributed by atoms with Gasteiger partial charge in [0.2, 0.25) is 5.88 Å². The molecular formula is C23H21N3OS. The van der Waals surface area contributed by atoms with Gasteiger partial charge in [0.25, 0.3) is 0 Å². The van der Waals surface area contributed by atoms with Gasteiger partial charge in [0.15, 0.2) is 0 Å². The minimum atomic E-state index is 0.400. The first-order chi connectivity index (χ1) is 13.7. The van der Waals surface area contributed by atoms with Crippen LogP contribution in [0.1, 0.15) is 21.9 Å². The number of fused-ring (bicyclic) bond motifs is 2. The molecular weight excluding hydrogens is 366 g/mol. The number of hydrogen-bond acceptors (Lipinski definition) is 5. The van der Waals surface area contributed by atoms with E-state index in [0.717, 1.165) is 24.3 Å². The molecule has 0 saturated carbocycles. The van der Waals surface area contributed by atoms with Crippen LogP contribution in [-0.4, -0.2) is 35.6 Å². The third kappa shape index (κ3) is 3.07. The topological polar surface area (TPSA) is 38.2 Å². The van der Waals surface area contributed by atoms with Crippen LogP contribution >= 0.6 is 11.3 Å². The fourth-order valence-corrected chi connectivity index (χ4v) is 5.19. The Bertz CT molecular complexity index is 1120. The van der Waals surface area contributed by atoms with Crippen molar-refractivity contribution in [1.82, 2.24) is 14.9 Å². The molecule has 1 aliphatic rings. The molecule has 1 atom stereocenters. The van der Waals surface area contributed by atoms with Crippen molar-refractivity contribution in [3.05, 3.63) is 76.9 Å². The average Bonchev–Trinajstić information content (AvgIpc) is 3.17. The molecule has 0 saturated heterocycles. The molecule has 0 radical (unpaired) electrons. The highest BCUT2D eigenvalue weighted by atomic mass is 32.1. The van der Waals surface area contributed by atoms with E-state index in [2.05, 4.69) is 70.4 Å². The number of benzene rings is 2. The van der Waals surface area contributed by atoms with Crippen molar-refractivity contribution < 1.29 is 4.74 Å². The minimum absolute atomic E-state index is 0.400. The lowest BCUT2D eigenvalue weighted by Gasteiger charge is -2.32. The van der Waals surface area contributed by atoms with Crippen molar-refractivity contribution in [2.24, 2.45) is 0 Å². The Kier molecular flexibility index (Phi) is 4.34. The van der Waals surface area contributed by atoms with Gasteiger partial charge in [-0.15, -0.1) is 11.3 Å². The largest absolute Gasteiger partial charge is 0.480 e. The van der Waals surface area contributed by atoms with E-state index < -0.39 is 0 Å². The molecule has 0 fully saturated rings. The number of thiophene rings is 1. The first kappa shape index (κ1) is 17.3. The zero-order valence-corrected chi connectivity index (χ0v) is 16.7. The predicted molar refractivity (Wildman–Crippen MR) is 114 cm³/mol. The fourth-order valence-electron chi connectivity index (χ4n) is 4.01. The van der Waals surface area contributed by atoms with Gasteiger partial charge in [-0.2, -0.15) is 0 Å². The normalized spacial score (nSPS) is 16.9. The third-order valence-electron chi connectivity index (χ3n) is 5.36. The Balaban J connectivity index is 1.57. The van der Waals surface area contributed by atoms with E-state index in [1.807, 2.05) is 11.3 Å². The summed E-state index contributed by atoms with van der Waals surface area (Å²) < 4.78 is 6.59. The average molecular weight is 388 g/mol. The molecule has 4 aromatic rings. The van der Waals surface area contributed by atoms with Crippen LogP contribution in [-0.2, 0) is 6.54 Å². The number of likely N-dealkylation sites (N-methyl/N-ethyl adjacent to an activating group) is 1. The van der Waals surface area contributed by atoms with Gasteiger partial charge < -0.3 is 9.64 Å². The molecule has 1 aliphatic heterocycles. The summed E-state index contributed by atoms with van der Waals surface area (Å²) in [4.78, 5) is 12.6. The molecule has 5 heteroatoms. The lowest BCUT2D eigenvalue weighted by atomic mass is 9.87. The molecule has 0 spiro atoms. The van der Waals surface area contributed by atoms with Crippen molar-refractivity contribution in [3.8, 4) is 17.1 Å². The van der Waals surface area contributed by atoms with E-state index in [9.17, 15) is 0 Å². The Morgan fingerprint density at radius 1 is 1.11 bits per heavy atom. The maximum Gasteiger partial charge on any atom is 0.232 e. The Morgan fingerprint density at radius 2 is 2.00 bits per heavy atom. The minimum Gasteiger partial charge on any atom is -0.480 e. The summed E-state index contributed by atoms with van der Waals surface area (Å²) in [5, 5.41) is 1.33. The van der Waals surface area contributed by atoms with Crippen molar-refractivity contribution in [2.75, 3.05) is 20.7 Å². The van der Waals surface area contributed by atoms with E-state index >= 15 is 0 Å². The lowest BCUT2D eigenvalue weighted by Crippen LogP contribution is -2.30. The van der Waals surface area contributed by atoms with Crippen LogP contribution in [0.15, 0.2) is 60.9 Å². The highest BCUT2D eigenvalue weighted by Gasteiger charge is 2.26. The molecule has 0 N–H and O–H groups in total. The highest BCUT2D eigenvalue weighted by molar-refractivity contribution is 7.19. The molecule has 2 aromatic carbocycles. The van der Waals surface area contributed by atoms with Crippen molar-refractivity contribution in [2.45, 2.75) is 12.5 Å². The number of hydrogen-bond donors (Lipinski definition) is 0. The number of nitrogens with zero attached hydrogens (tertiary/aromatic N) is 3. The fraction of sp³-hybridized carbons (Fsp3) is 0.217. The van der Waals surface area contributed by atoms with Crippen LogP contribution < -0.4 is 4.74 Å². The van der Waals surface area contributed by atoms with Gasteiger partial charge in [-0.3, -0.25) is 4.98 Å². The van der Waals surface area contributed by atoms with E-state index in [4.69, 9.17) is 4.74 Å². The zero-order chi connectivity index (χ0) is 19.1. The summed E-state index contributed by atoms with van der Waals surface area (Å²) in [5.74, 6) is 0.937. The highest BCUT2D eigenvalue weighted by Crippen LogP contribution is 2.39. The smallest absolute Gasteiger partial charge is 0.232 e. The first-order valence-corrected chi connectivity index (χ1v) is 10.2. The number of ether oxygens (including phenoxy) is 1. The molecule has 0 amide bonds. The molecule has 3 heterocycles. The van der Waals surface area contributed by atoms with Crippen LogP contribution in [0.2, 0.25) is 0 Å². The second kappa shape index (κ2) is 7.00. The van der Waals surface area contributed by atoms with Gasteiger partial charge in [0.05, 0.1) is 25.2 Å². The van der Waals surface area contributed by atoms with E-state index in [-0.39, 0.29) is 0 Å². The SMILES string of the molecule is COc1cncc(-c2ccc3c(c2)CN(C)CC3c2cc3ccccc3s2)n1. The number of aromatic nitrogens is 2. The predicted octanol–water partition coefficient (Wildman–Crippen LogP) is 4.94. The van der Waals surface area contributed by atoms with E-state index in [1.165, 1.54) is 26.1 Å². The van der Waals surface area contributed by atoms with E-state index in [0.29, 0.717) is 11.8 Å². The summed E-state index contributed by atoms with van der Waals surface area (Å²) in [6.07, 6.45) is 3.42. The molecule has 4 nitrogen and oxygen atoms in total. The summed E-state index contributed by atoms with van der Waals surface area (Å²) >= 11 is 1.91. The molecule has 0 aliphatic carbocycles.